The highest BCUT2D eigenvalue weighted by molar-refractivity contribution is 5.97. The van der Waals surface area contributed by atoms with E-state index in [1.54, 1.807) is 29.6 Å². The summed E-state index contributed by atoms with van der Waals surface area (Å²) in [4.78, 5) is 18.5. The molecule has 2 aromatic rings. The quantitative estimate of drug-likeness (QED) is 0.844. The Kier molecular flexibility index (Phi) is 5.08. The van der Waals surface area contributed by atoms with E-state index in [-0.39, 0.29) is 17.2 Å². The molecule has 3 rings (SSSR count). The largest absolute Gasteiger partial charge is 0.434 e. The van der Waals surface area contributed by atoms with E-state index in [0.29, 0.717) is 19.0 Å². The highest BCUT2D eigenvalue weighted by Gasteiger charge is 2.26. The average molecular weight is 335 g/mol. The van der Waals surface area contributed by atoms with Crippen molar-refractivity contribution in [2.75, 3.05) is 13.1 Å². The van der Waals surface area contributed by atoms with Crippen molar-refractivity contribution in [2.45, 2.75) is 26.0 Å². The van der Waals surface area contributed by atoms with Crippen molar-refractivity contribution >= 4 is 5.91 Å². The minimum absolute atomic E-state index is 0.0748. The Morgan fingerprint density at radius 2 is 2.21 bits per heavy atom. The first-order valence-electron chi connectivity index (χ1n) is 7.92. The maximum atomic E-state index is 12.7. The van der Waals surface area contributed by atoms with Crippen LogP contribution in [0.2, 0.25) is 0 Å². The number of nitrogens with zero attached hydrogens (tertiary/aromatic N) is 3. The van der Waals surface area contributed by atoms with Crippen LogP contribution in [0.25, 0.3) is 0 Å². The first kappa shape index (κ1) is 16.4. The molecule has 0 radical (unpaired) electrons. The number of hydrogen-bond donors (Lipinski definition) is 0. The van der Waals surface area contributed by atoms with Crippen LogP contribution in [0.5, 0.6) is 5.75 Å². The molecule has 1 aliphatic heterocycles. The Bertz CT molecular complexity index is 676. The zero-order valence-corrected chi connectivity index (χ0v) is 13.1. The maximum absolute atomic E-state index is 12.7. The minimum Gasteiger partial charge on any atom is -0.434 e. The van der Waals surface area contributed by atoms with E-state index >= 15 is 0 Å². The molecule has 5 nitrogen and oxygen atoms in total. The fraction of sp³-hybridized carbons (Fsp3) is 0.412. The number of alkyl halides is 2. The monoisotopic (exact) mass is 335 g/mol. The van der Waals surface area contributed by atoms with Crippen LogP contribution in [0.1, 0.15) is 23.2 Å². The van der Waals surface area contributed by atoms with E-state index in [0.717, 1.165) is 19.4 Å². The highest BCUT2D eigenvalue weighted by Crippen LogP contribution is 2.25. The van der Waals surface area contributed by atoms with E-state index in [1.807, 2.05) is 10.8 Å². The zero-order valence-electron chi connectivity index (χ0n) is 13.1. The van der Waals surface area contributed by atoms with Gasteiger partial charge < -0.3 is 14.2 Å². The SMILES string of the molecule is O=C(c1ccccc1OC(F)F)N1CCC[C@@H](Cn2ccnc2)C1. The van der Waals surface area contributed by atoms with Crippen molar-refractivity contribution in [3.8, 4) is 5.75 Å². The number of halogens is 2. The van der Waals surface area contributed by atoms with Crippen LogP contribution >= 0.6 is 0 Å². The average Bonchev–Trinajstić information content (AvgIpc) is 3.07. The summed E-state index contributed by atoms with van der Waals surface area (Å²) in [7, 11) is 0. The van der Waals surface area contributed by atoms with Crippen molar-refractivity contribution < 1.29 is 18.3 Å². The Balaban J connectivity index is 1.70. The third-order valence-corrected chi connectivity index (χ3v) is 4.17. The molecule has 0 saturated carbocycles. The number of hydrogen-bond acceptors (Lipinski definition) is 3. The van der Waals surface area contributed by atoms with Gasteiger partial charge in [0.05, 0.1) is 11.9 Å². The van der Waals surface area contributed by atoms with Crippen molar-refractivity contribution in [2.24, 2.45) is 5.92 Å². The number of aromatic nitrogens is 2. The lowest BCUT2D eigenvalue weighted by atomic mass is 9.97. The molecule has 1 saturated heterocycles. The van der Waals surface area contributed by atoms with Gasteiger partial charge >= 0.3 is 6.61 Å². The molecular formula is C17H19F2N3O2. The van der Waals surface area contributed by atoms with Gasteiger partial charge in [-0.2, -0.15) is 8.78 Å². The first-order chi connectivity index (χ1) is 11.6. The van der Waals surface area contributed by atoms with E-state index in [1.165, 1.54) is 12.1 Å². The molecule has 24 heavy (non-hydrogen) atoms. The van der Waals surface area contributed by atoms with Crippen LogP contribution in [0, 0.1) is 5.92 Å². The summed E-state index contributed by atoms with van der Waals surface area (Å²) in [5.41, 5.74) is 0.182. The minimum atomic E-state index is -2.95. The Morgan fingerprint density at radius 1 is 1.38 bits per heavy atom. The van der Waals surface area contributed by atoms with Gasteiger partial charge in [-0.3, -0.25) is 4.79 Å². The van der Waals surface area contributed by atoms with Crippen LogP contribution in [-0.2, 0) is 6.54 Å². The summed E-state index contributed by atoms with van der Waals surface area (Å²) >= 11 is 0. The number of piperidine rings is 1. The summed E-state index contributed by atoms with van der Waals surface area (Å²) in [5.74, 6) is -0.0177. The molecule has 1 atom stereocenters. The van der Waals surface area contributed by atoms with Crippen molar-refractivity contribution in [1.29, 1.82) is 0 Å². The zero-order chi connectivity index (χ0) is 16.9. The summed E-state index contributed by atoms with van der Waals surface area (Å²) in [6, 6.07) is 6.15. The lowest BCUT2D eigenvalue weighted by Gasteiger charge is -2.33. The number of para-hydroxylation sites is 1. The topological polar surface area (TPSA) is 47.4 Å². The Labute approximate surface area is 138 Å². The Hall–Kier alpha value is -2.44. The van der Waals surface area contributed by atoms with E-state index < -0.39 is 6.61 Å². The second-order valence-electron chi connectivity index (χ2n) is 5.89. The third-order valence-electron chi connectivity index (χ3n) is 4.17. The van der Waals surface area contributed by atoms with Gasteiger partial charge in [0.1, 0.15) is 5.75 Å². The van der Waals surface area contributed by atoms with Gasteiger partial charge in [0.25, 0.3) is 5.91 Å². The molecule has 1 aliphatic rings. The van der Waals surface area contributed by atoms with Crippen LogP contribution in [0.15, 0.2) is 43.0 Å². The van der Waals surface area contributed by atoms with Gasteiger partial charge in [-0.05, 0) is 30.9 Å². The highest BCUT2D eigenvalue weighted by atomic mass is 19.3. The molecule has 2 heterocycles. The van der Waals surface area contributed by atoms with Crippen molar-refractivity contribution in [3.63, 3.8) is 0 Å². The number of rotatable bonds is 5. The van der Waals surface area contributed by atoms with Crippen molar-refractivity contribution in [1.82, 2.24) is 14.5 Å². The van der Waals surface area contributed by atoms with Crippen molar-refractivity contribution in [3.05, 3.63) is 48.5 Å². The molecule has 0 spiro atoms. The number of carbonyl (C=O) groups is 1. The van der Waals surface area contributed by atoms with Crippen LogP contribution in [0.4, 0.5) is 8.78 Å². The number of ether oxygens (including phenoxy) is 1. The standard InChI is InChI=1S/C17H19F2N3O2/c18-17(19)24-15-6-2-1-5-14(15)16(23)22-8-3-4-13(11-22)10-21-9-7-20-12-21/h1-2,5-7,9,12-13,17H,3-4,8,10-11H2/t13-/m0/s1. The molecule has 0 aliphatic carbocycles. The summed E-state index contributed by atoms with van der Waals surface area (Å²) in [6.07, 6.45) is 7.29. The molecule has 1 aromatic carbocycles. The summed E-state index contributed by atoms with van der Waals surface area (Å²) in [6.45, 7) is -0.935. The molecule has 1 fully saturated rings. The fourth-order valence-electron chi connectivity index (χ4n) is 3.10. The fourth-order valence-corrected chi connectivity index (χ4v) is 3.10. The smallest absolute Gasteiger partial charge is 0.387 e. The van der Waals surface area contributed by atoms with Gasteiger partial charge in [-0.1, -0.05) is 12.1 Å². The number of amides is 1. The van der Waals surface area contributed by atoms with E-state index in [4.69, 9.17) is 0 Å². The normalized spacial score (nSPS) is 18.0. The predicted molar refractivity (Wildman–Crippen MR) is 83.9 cm³/mol. The lowest BCUT2D eigenvalue weighted by molar-refractivity contribution is -0.0503. The first-order valence-corrected chi connectivity index (χ1v) is 7.92. The second-order valence-corrected chi connectivity index (χ2v) is 5.89. The lowest BCUT2D eigenvalue weighted by Crippen LogP contribution is -2.41. The maximum Gasteiger partial charge on any atom is 0.387 e. The predicted octanol–water partition coefficient (Wildman–Crippen LogP) is 3.04. The van der Waals surface area contributed by atoms with Gasteiger partial charge in [0, 0.05) is 32.0 Å². The van der Waals surface area contributed by atoms with Gasteiger partial charge in [-0.25, -0.2) is 4.98 Å². The van der Waals surface area contributed by atoms with E-state index in [9.17, 15) is 13.6 Å². The van der Waals surface area contributed by atoms with Crippen LogP contribution in [0.3, 0.4) is 0 Å². The number of likely N-dealkylation sites (tertiary alicyclic amines) is 1. The van der Waals surface area contributed by atoms with Gasteiger partial charge in [-0.15, -0.1) is 0 Å². The number of carbonyl (C=O) groups excluding carboxylic acids is 1. The molecule has 128 valence electrons. The number of imidazole rings is 1. The molecule has 1 aromatic heterocycles. The molecular weight excluding hydrogens is 316 g/mol. The third kappa shape index (κ3) is 3.90. The Morgan fingerprint density at radius 3 is 2.96 bits per heavy atom. The number of benzene rings is 1. The molecule has 0 bridgehead atoms. The second kappa shape index (κ2) is 7.42. The van der Waals surface area contributed by atoms with E-state index in [2.05, 4.69) is 9.72 Å². The van der Waals surface area contributed by atoms with Crippen LogP contribution < -0.4 is 4.74 Å². The van der Waals surface area contributed by atoms with Gasteiger partial charge in [0.15, 0.2) is 0 Å². The molecule has 0 unspecified atom stereocenters. The molecule has 0 N–H and O–H groups in total. The summed E-state index contributed by atoms with van der Waals surface area (Å²) in [5, 5.41) is 0. The summed E-state index contributed by atoms with van der Waals surface area (Å²) < 4.78 is 31.5. The van der Waals surface area contributed by atoms with Crippen LogP contribution in [-0.4, -0.2) is 40.1 Å². The van der Waals surface area contributed by atoms with Gasteiger partial charge in [0.2, 0.25) is 0 Å². The molecule has 1 amide bonds. The molecule has 7 heteroatoms.